The van der Waals surface area contributed by atoms with E-state index in [9.17, 15) is 84.6 Å². The first-order valence-electron chi connectivity index (χ1n) is 34.9. The maximum absolute atomic E-state index is 13.7. The number of methoxy groups -OCH3 is 6. The Labute approximate surface area is 708 Å². The van der Waals surface area contributed by atoms with Crippen LogP contribution in [0.15, 0.2) is 127 Å². The molecule has 2 aliphatic rings. The van der Waals surface area contributed by atoms with Gasteiger partial charge in [0.05, 0.1) is 65.0 Å². The van der Waals surface area contributed by atoms with Gasteiger partial charge in [-0.2, -0.15) is 0 Å². The van der Waals surface area contributed by atoms with E-state index >= 15 is 0 Å². The van der Waals surface area contributed by atoms with E-state index in [4.69, 9.17) is 37.1 Å². The number of ketones is 2. The zero-order valence-electron chi connectivity index (χ0n) is 64.5. The number of fused-ring (bicyclic) bond motifs is 2. The van der Waals surface area contributed by atoms with Crippen molar-refractivity contribution in [3.8, 4) is 70.2 Å². The fraction of sp³-hybridized carbons (Fsp3) is 0.282. The van der Waals surface area contributed by atoms with Crippen molar-refractivity contribution in [3.05, 3.63) is 269 Å². The highest BCUT2D eigenvalue weighted by atomic mass is 127. The normalized spacial score (nSPS) is 10.9. The van der Waals surface area contributed by atoms with E-state index < -0.39 is 128 Å². The molecule has 9 aromatic rings. The van der Waals surface area contributed by atoms with Gasteiger partial charge in [0.2, 0.25) is 0 Å². The Hall–Kier alpha value is -10.2. The lowest BCUT2D eigenvalue weighted by atomic mass is 9.90. The molecule has 0 heterocycles. The summed E-state index contributed by atoms with van der Waals surface area (Å²) in [4.78, 5) is 33.0. The number of rotatable bonds is 17. The van der Waals surface area contributed by atoms with Crippen molar-refractivity contribution in [1.82, 2.24) is 0 Å². The molecule has 0 fully saturated rings. The van der Waals surface area contributed by atoms with Gasteiger partial charge >= 0.3 is 5.97 Å². The molecule has 0 radical (unpaired) electrons. The smallest absolute Gasteiger partial charge is 0.303 e. The number of carboxylic acids is 1. The summed E-state index contributed by atoms with van der Waals surface area (Å²) in [6, 6.07) is 28.8. The molecule has 0 atom stereocenters. The fourth-order valence-electron chi connectivity index (χ4n) is 9.87. The molecule has 0 unspecified atom stereocenters. The summed E-state index contributed by atoms with van der Waals surface area (Å²) in [5.74, 6) is -10.9. The van der Waals surface area contributed by atoms with Gasteiger partial charge in [0.15, 0.2) is 151 Å². The monoisotopic (exact) mass is 1930 g/mol. The number of phenolic OH excluding ortho intramolecular Hbond substituents is 2. The van der Waals surface area contributed by atoms with E-state index in [-0.39, 0.29) is 118 Å². The van der Waals surface area contributed by atoms with Crippen molar-refractivity contribution in [3.63, 3.8) is 0 Å². The Morgan fingerprint density at radius 2 is 0.840 bits per heavy atom. The second-order valence-electron chi connectivity index (χ2n) is 23.6. The van der Waals surface area contributed by atoms with Crippen LogP contribution in [0.5, 0.6) is 46.0 Å². The third-order valence-corrected chi connectivity index (χ3v) is 17.1. The Morgan fingerprint density at radius 1 is 0.437 bits per heavy atom. The lowest BCUT2D eigenvalue weighted by Crippen LogP contribution is -2.14. The molecule has 34 heteroatoms. The van der Waals surface area contributed by atoms with Crippen molar-refractivity contribution in [2.24, 2.45) is 0 Å². The summed E-state index contributed by atoms with van der Waals surface area (Å²) >= 11 is 5.13. The van der Waals surface area contributed by atoms with Crippen molar-refractivity contribution in [2.45, 2.75) is 95.2 Å². The number of alkyl halides is 1. The molecule has 0 amide bonds. The van der Waals surface area contributed by atoms with Crippen LogP contribution in [0.25, 0.3) is 0 Å². The van der Waals surface area contributed by atoms with Crippen molar-refractivity contribution in [1.29, 1.82) is 0 Å². The van der Waals surface area contributed by atoms with Gasteiger partial charge in [-0.25, -0.2) is 70.2 Å². The standard InChI is InChI=1S/C11H12F2O3.C11H10F2O2.C11H14F2O2.C11H10F2O2.C10H8F2O2.C7H7Br.C7H5F2IO.C7H6F2O.C6H4F2O.C4H6O.BrH/c1-16-11-8(12)6-5-7(10(11)13)3-2-4-9(14)15;1-15-11-8(12)5-7-6(10(11)13)3-2-4-9(7)14;2*1-15-11-9(12)6-5-8(10(11)13)4-2-3-7-14;11-7-4-6-5(9(12)10(7)14)2-1-3-8(6)13;8-6-7-4-2-1-3-5-7;1-11-7-4(8)2-3-5(10)6(7)9;1-10-7-5(8)3-2-4-6(7)9;7-4-2-1-3-5(8)6(4)9;1-2-3-4-5;/h5-6H,2-4H2,1H3,(H,14,15);5H,2-4H2,1H3;5-6,14H,2-4,7H2,1H3;5-6,14H,3,7H2,1H3;4,14H,1-3H2;1-5H,6H2;2-3H,1H3;2-4H,1H3;1-3,9H;1,5H,3-4H2;1H. The van der Waals surface area contributed by atoms with Gasteiger partial charge < -0.3 is 59.1 Å². The van der Waals surface area contributed by atoms with Crippen LogP contribution in [0.4, 0.5) is 70.2 Å². The van der Waals surface area contributed by atoms with Gasteiger partial charge in [-0.3, -0.25) is 14.4 Å². The number of halogens is 19. The van der Waals surface area contributed by atoms with E-state index in [1.807, 2.05) is 18.2 Å². The third kappa shape index (κ3) is 34.9. The number of unbranched alkanes of at least 4 members (excludes halogenated alkanes) is 1. The number of aliphatic carboxylic acids is 1. The highest BCUT2D eigenvalue weighted by Gasteiger charge is 2.27. The van der Waals surface area contributed by atoms with Crippen LogP contribution in [0, 0.1) is 121 Å². The van der Waals surface area contributed by atoms with Crippen LogP contribution in [-0.4, -0.2) is 111 Å². The molecule has 0 saturated carbocycles. The molecule has 9 aromatic carbocycles. The SMILES string of the molecule is Br.BrCc1ccccc1.C#CCCO.COc1c(F)cc2c(c1F)CCCC2=O.COc1c(F)ccc(C#CCCO)c1F.COc1c(F)ccc(CCCC(=O)O)c1F.COc1c(F)ccc(CCCCO)c1F.COc1c(F)ccc(I)c1F.COc1c(F)cccc1F.O=C1CCCc2c1cc(F)c(O)c2F.Oc1c(F)cccc1F. The van der Waals surface area contributed by atoms with Crippen LogP contribution in [-0.2, 0) is 35.8 Å². The number of aliphatic hydroxyl groups excluding tert-OH is 3. The Kier molecular flexibility index (Phi) is 51.9. The molecule has 0 bridgehead atoms. The summed E-state index contributed by atoms with van der Waals surface area (Å²) in [5.41, 5.74) is 2.72. The highest BCUT2D eigenvalue weighted by Crippen LogP contribution is 2.35. The Balaban J connectivity index is 0.000000668. The van der Waals surface area contributed by atoms with Crippen molar-refractivity contribution < 1.29 is 144 Å². The summed E-state index contributed by atoms with van der Waals surface area (Å²) < 4.78 is 235. The number of benzene rings is 9. The zero-order chi connectivity index (χ0) is 88.7. The number of phenols is 2. The predicted octanol–water partition coefficient (Wildman–Crippen LogP) is 20.4. The minimum Gasteiger partial charge on any atom is -0.503 e. The van der Waals surface area contributed by atoms with E-state index in [2.05, 4.69) is 74.2 Å². The summed E-state index contributed by atoms with van der Waals surface area (Å²) in [6.07, 6.45) is 10.4. The lowest BCUT2D eigenvalue weighted by molar-refractivity contribution is -0.137. The molecular weight excluding hydrogens is 1850 g/mol. The summed E-state index contributed by atoms with van der Waals surface area (Å²) in [5, 5.41) is 51.8. The maximum atomic E-state index is 13.7. The molecule has 0 aromatic heterocycles. The van der Waals surface area contributed by atoms with E-state index in [0.29, 0.717) is 79.8 Å². The maximum Gasteiger partial charge on any atom is 0.303 e. The Morgan fingerprint density at radius 3 is 1.24 bits per heavy atom. The molecule has 119 heavy (non-hydrogen) atoms. The second-order valence-corrected chi connectivity index (χ2v) is 25.3. The van der Waals surface area contributed by atoms with Gasteiger partial charge in [0, 0.05) is 66.3 Å². The number of ether oxygens (including phenoxy) is 6. The number of hydrogen-bond donors (Lipinski definition) is 6. The summed E-state index contributed by atoms with van der Waals surface area (Å²) in [7, 11) is 7.27. The second kappa shape index (κ2) is 57.8. The van der Waals surface area contributed by atoms with Gasteiger partial charge in [-0.05, 0) is 170 Å². The Bertz CT molecular complexity index is 4780. The lowest BCUT2D eigenvalue weighted by Gasteiger charge is -2.17. The van der Waals surface area contributed by atoms with E-state index in [0.717, 1.165) is 53.9 Å². The number of carbonyl (C=O) groups is 3. The molecule has 2 aliphatic carbocycles. The topological polar surface area (TPSA) is 228 Å². The summed E-state index contributed by atoms with van der Waals surface area (Å²) in [6.45, 7) is 0.101. The van der Waals surface area contributed by atoms with Crippen LogP contribution >= 0.6 is 55.5 Å². The molecule has 6 N–H and O–H groups in total. The zero-order valence-corrected chi connectivity index (χ0v) is 70.0. The third-order valence-electron chi connectivity index (χ3n) is 15.6. The minimum absolute atomic E-state index is 0. The van der Waals surface area contributed by atoms with Gasteiger partial charge in [0.1, 0.15) is 0 Å². The number of terminal acetylenes is 1. The molecule has 0 saturated heterocycles. The number of aromatic hydroxyl groups is 2. The number of aliphatic hydroxyl groups is 3. The number of para-hydroxylation sites is 2. The van der Waals surface area contributed by atoms with Gasteiger partial charge in [-0.1, -0.05) is 82.4 Å². The fourth-order valence-corrected chi connectivity index (χ4v) is 10.7. The quantitative estimate of drug-likeness (QED) is 0.0124. The van der Waals surface area contributed by atoms with Gasteiger partial charge in [0.25, 0.3) is 0 Å². The van der Waals surface area contributed by atoms with E-state index in [1.54, 1.807) is 22.6 Å². The highest BCUT2D eigenvalue weighted by molar-refractivity contribution is 14.1. The van der Waals surface area contributed by atoms with Crippen LogP contribution in [0.1, 0.15) is 118 Å². The molecular formula is C85H83Br2F16IO15. The first-order chi connectivity index (χ1) is 56.2. The number of carboxylic acid groups (broad SMARTS) is 1. The molecule has 0 aliphatic heterocycles. The average molecular weight is 1940 g/mol. The van der Waals surface area contributed by atoms with E-state index in [1.165, 1.54) is 96.8 Å². The van der Waals surface area contributed by atoms with Crippen LogP contribution in [0.3, 0.4) is 0 Å². The molecule has 15 nitrogen and oxygen atoms in total. The molecule has 646 valence electrons. The first-order valence-corrected chi connectivity index (χ1v) is 37.1. The van der Waals surface area contributed by atoms with Gasteiger partial charge in [-0.15, -0.1) is 29.3 Å². The first kappa shape index (κ1) is 107. The number of carbonyl (C=O) groups excluding carboxylic acids is 2. The van der Waals surface area contributed by atoms with Crippen molar-refractivity contribution >= 4 is 73.0 Å². The number of aryl methyl sites for hydroxylation is 2. The minimum atomic E-state index is -1.07. The number of hydrogen-bond acceptors (Lipinski definition) is 14. The van der Waals surface area contributed by atoms with Crippen LogP contribution < -0.4 is 28.4 Å². The molecule has 11 rings (SSSR count). The van der Waals surface area contributed by atoms with Crippen LogP contribution in [0.2, 0.25) is 0 Å². The average Bonchev–Trinajstić information content (AvgIpc) is 0.791. The largest absolute Gasteiger partial charge is 0.503 e. The number of Topliss-reactive ketones (excluding diaryl/α,β-unsaturated/α-hetero) is 2. The van der Waals surface area contributed by atoms with Crippen molar-refractivity contribution in [2.75, 3.05) is 62.5 Å². The predicted molar refractivity (Wildman–Crippen MR) is 430 cm³/mol. The molecule has 0 spiro atoms.